The van der Waals surface area contributed by atoms with Crippen LogP contribution in [0.2, 0.25) is 0 Å². The van der Waals surface area contributed by atoms with E-state index in [0.29, 0.717) is 18.5 Å². The molecular formula is C19H25N3O4. The average Bonchev–Trinajstić information content (AvgIpc) is 3.10. The first-order valence-corrected chi connectivity index (χ1v) is 8.84. The summed E-state index contributed by atoms with van der Waals surface area (Å²) in [4.78, 5) is 48.8. The van der Waals surface area contributed by atoms with Gasteiger partial charge in [0.1, 0.15) is 6.04 Å². The van der Waals surface area contributed by atoms with Crippen LogP contribution < -0.4 is 11.1 Å². The first-order chi connectivity index (χ1) is 12.4. The molecule has 1 aliphatic heterocycles. The number of hydrogen-bond acceptors (Lipinski definition) is 4. The van der Waals surface area contributed by atoms with Crippen molar-refractivity contribution in [2.75, 3.05) is 13.1 Å². The van der Waals surface area contributed by atoms with Crippen molar-refractivity contribution in [3.05, 3.63) is 35.4 Å². The minimum Gasteiger partial charge on any atom is -0.368 e. The van der Waals surface area contributed by atoms with Crippen molar-refractivity contribution in [2.24, 2.45) is 5.73 Å². The van der Waals surface area contributed by atoms with Crippen LogP contribution >= 0.6 is 0 Å². The summed E-state index contributed by atoms with van der Waals surface area (Å²) in [6, 6.07) is 6.68. The lowest BCUT2D eigenvalue weighted by molar-refractivity contribution is -0.137. The molecule has 0 bridgehead atoms. The molecule has 1 fully saturated rings. The Kier molecular flexibility index (Phi) is 6.89. The zero-order valence-corrected chi connectivity index (χ0v) is 15.0. The van der Waals surface area contributed by atoms with Crippen molar-refractivity contribution in [1.82, 2.24) is 10.2 Å². The quantitative estimate of drug-likeness (QED) is 0.673. The molecule has 2 rings (SSSR count). The molecule has 7 heteroatoms. The van der Waals surface area contributed by atoms with Crippen molar-refractivity contribution >= 4 is 23.5 Å². The Balaban J connectivity index is 1.68. The fourth-order valence-electron chi connectivity index (χ4n) is 3.01. The summed E-state index contributed by atoms with van der Waals surface area (Å²) in [5.74, 6) is -1.04. The number of carbonyl (C=O) groups excluding carboxylic acids is 4. The summed E-state index contributed by atoms with van der Waals surface area (Å²) in [6.07, 6.45) is 1.66. The third kappa shape index (κ3) is 5.40. The van der Waals surface area contributed by atoms with Gasteiger partial charge in [-0.1, -0.05) is 29.8 Å². The highest BCUT2D eigenvalue weighted by atomic mass is 16.2. The molecule has 1 saturated heterocycles. The molecule has 26 heavy (non-hydrogen) atoms. The average molecular weight is 359 g/mol. The number of ketones is 1. The number of carbonyl (C=O) groups is 4. The second-order valence-electron chi connectivity index (χ2n) is 6.54. The Morgan fingerprint density at radius 2 is 1.81 bits per heavy atom. The van der Waals surface area contributed by atoms with E-state index in [1.807, 2.05) is 19.1 Å². The molecule has 1 atom stereocenters. The Hall–Kier alpha value is -2.70. The topological polar surface area (TPSA) is 110 Å². The number of hydrogen-bond donors (Lipinski definition) is 2. The number of likely N-dealkylation sites (tertiary alicyclic amines) is 1. The molecule has 0 aromatic heterocycles. The molecule has 7 nitrogen and oxygen atoms in total. The fraction of sp³-hybridized carbons (Fsp3) is 0.474. The molecule has 1 unspecified atom stereocenters. The van der Waals surface area contributed by atoms with Gasteiger partial charge in [-0.3, -0.25) is 19.2 Å². The molecule has 140 valence electrons. The highest BCUT2D eigenvalue weighted by molar-refractivity contribution is 5.98. The van der Waals surface area contributed by atoms with Crippen LogP contribution in [0.5, 0.6) is 0 Å². The van der Waals surface area contributed by atoms with Crippen LogP contribution in [0.1, 0.15) is 48.0 Å². The van der Waals surface area contributed by atoms with E-state index >= 15 is 0 Å². The van der Waals surface area contributed by atoms with Crippen molar-refractivity contribution in [2.45, 2.75) is 45.1 Å². The standard InChI is InChI=1S/C19H25N3O4/c1-13-4-6-14(7-5-13)16(23)8-9-17(24)21-11-10-18(25)22-12-2-3-15(22)19(20)26/h4-7,15H,2-3,8-12H2,1H3,(H2,20,26)(H,21,24). The first kappa shape index (κ1) is 19.6. The smallest absolute Gasteiger partial charge is 0.240 e. The van der Waals surface area contributed by atoms with Gasteiger partial charge in [0, 0.05) is 37.9 Å². The molecule has 0 radical (unpaired) electrons. The molecule has 1 aromatic carbocycles. The van der Waals surface area contributed by atoms with E-state index < -0.39 is 11.9 Å². The number of benzene rings is 1. The van der Waals surface area contributed by atoms with Gasteiger partial charge in [-0.05, 0) is 19.8 Å². The number of Topliss-reactive ketones (excluding diaryl/α,β-unsaturated/α-hetero) is 1. The van der Waals surface area contributed by atoms with E-state index in [0.717, 1.165) is 12.0 Å². The number of amides is 3. The monoisotopic (exact) mass is 359 g/mol. The predicted molar refractivity (Wildman–Crippen MR) is 96.3 cm³/mol. The second kappa shape index (κ2) is 9.12. The maximum absolute atomic E-state index is 12.1. The number of rotatable bonds is 8. The molecule has 3 N–H and O–H groups in total. The summed E-state index contributed by atoms with van der Waals surface area (Å²) >= 11 is 0. The van der Waals surface area contributed by atoms with Crippen LogP contribution in [-0.2, 0) is 14.4 Å². The fourth-order valence-corrected chi connectivity index (χ4v) is 3.01. The van der Waals surface area contributed by atoms with Gasteiger partial charge >= 0.3 is 0 Å². The van der Waals surface area contributed by atoms with Crippen LogP contribution in [-0.4, -0.2) is 47.5 Å². The maximum atomic E-state index is 12.1. The Morgan fingerprint density at radius 3 is 2.46 bits per heavy atom. The van der Waals surface area contributed by atoms with Gasteiger partial charge in [0.05, 0.1) is 0 Å². The van der Waals surface area contributed by atoms with Gasteiger partial charge in [-0.15, -0.1) is 0 Å². The number of nitrogens with zero attached hydrogens (tertiary/aromatic N) is 1. The highest BCUT2D eigenvalue weighted by Crippen LogP contribution is 2.17. The van der Waals surface area contributed by atoms with Crippen molar-refractivity contribution < 1.29 is 19.2 Å². The molecule has 0 spiro atoms. The Labute approximate surface area is 152 Å². The molecule has 1 heterocycles. The number of aryl methyl sites for hydroxylation is 1. The molecule has 0 saturated carbocycles. The zero-order chi connectivity index (χ0) is 19.1. The molecule has 1 aromatic rings. The van der Waals surface area contributed by atoms with Gasteiger partial charge in [0.2, 0.25) is 17.7 Å². The van der Waals surface area contributed by atoms with E-state index in [-0.39, 0.29) is 43.4 Å². The van der Waals surface area contributed by atoms with Gasteiger partial charge in [-0.2, -0.15) is 0 Å². The molecule has 1 aliphatic rings. The first-order valence-electron chi connectivity index (χ1n) is 8.84. The summed E-state index contributed by atoms with van der Waals surface area (Å²) in [5.41, 5.74) is 6.95. The van der Waals surface area contributed by atoms with Gasteiger partial charge in [0.25, 0.3) is 0 Å². The Bertz CT molecular complexity index is 685. The second-order valence-corrected chi connectivity index (χ2v) is 6.54. The van der Waals surface area contributed by atoms with Crippen molar-refractivity contribution in [3.63, 3.8) is 0 Å². The molecular weight excluding hydrogens is 334 g/mol. The Morgan fingerprint density at radius 1 is 1.12 bits per heavy atom. The van der Waals surface area contributed by atoms with E-state index in [1.165, 1.54) is 4.90 Å². The SMILES string of the molecule is Cc1ccc(C(=O)CCC(=O)NCCC(=O)N2CCCC2C(N)=O)cc1. The van der Waals surface area contributed by atoms with Crippen LogP contribution in [0.15, 0.2) is 24.3 Å². The predicted octanol–water partition coefficient (Wildman–Crippen LogP) is 0.941. The number of nitrogens with two attached hydrogens (primary N) is 1. The van der Waals surface area contributed by atoms with Gasteiger partial charge < -0.3 is 16.0 Å². The van der Waals surface area contributed by atoms with Crippen LogP contribution in [0.4, 0.5) is 0 Å². The minimum absolute atomic E-state index is 0.0779. The van der Waals surface area contributed by atoms with E-state index in [4.69, 9.17) is 5.73 Å². The third-order valence-corrected chi connectivity index (χ3v) is 4.52. The van der Waals surface area contributed by atoms with Crippen molar-refractivity contribution in [1.29, 1.82) is 0 Å². The van der Waals surface area contributed by atoms with E-state index in [9.17, 15) is 19.2 Å². The summed E-state index contributed by atoms with van der Waals surface area (Å²) in [5, 5.41) is 2.64. The van der Waals surface area contributed by atoms with Crippen LogP contribution in [0.25, 0.3) is 0 Å². The lowest BCUT2D eigenvalue weighted by Crippen LogP contribution is -2.44. The van der Waals surface area contributed by atoms with Crippen LogP contribution in [0, 0.1) is 6.92 Å². The molecule has 0 aliphatic carbocycles. The summed E-state index contributed by atoms with van der Waals surface area (Å²) in [6.45, 7) is 2.64. The van der Waals surface area contributed by atoms with Crippen molar-refractivity contribution in [3.8, 4) is 0 Å². The largest absolute Gasteiger partial charge is 0.368 e. The lowest BCUT2D eigenvalue weighted by Gasteiger charge is -2.22. The summed E-state index contributed by atoms with van der Waals surface area (Å²) in [7, 11) is 0. The maximum Gasteiger partial charge on any atom is 0.240 e. The highest BCUT2D eigenvalue weighted by Gasteiger charge is 2.32. The normalized spacial score (nSPS) is 16.3. The molecule has 3 amide bonds. The summed E-state index contributed by atoms with van der Waals surface area (Å²) < 4.78 is 0. The number of primary amides is 1. The van der Waals surface area contributed by atoms with Gasteiger partial charge in [-0.25, -0.2) is 0 Å². The number of nitrogens with one attached hydrogen (secondary N) is 1. The van der Waals surface area contributed by atoms with Crippen LogP contribution in [0.3, 0.4) is 0 Å². The third-order valence-electron chi connectivity index (χ3n) is 4.52. The van der Waals surface area contributed by atoms with E-state index in [2.05, 4.69) is 5.32 Å². The zero-order valence-electron chi connectivity index (χ0n) is 15.0. The van der Waals surface area contributed by atoms with Gasteiger partial charge in [0.15, 0.2) is 5.78 Å². The minimum atomic E-state index is -0.537. The van der Waals surface area contributed by atoms with E-state index in [1.54, 1.807) is 12.1 Å². The lowest BCUT2D eigenvalue weighted by atomic mass is 10.1.